The van der Waals surface area contributed by atoms with Gasteiger partial charge in [-0.3, -0.25) is 9.68 Å². The first-order valence-corrected chi connectivity index (χ1v) is 10.6. The fraction of sp³-hybridized carbons (Fsp3) is 0.381. The molecule has 1 N–H and O–H groups in total. The number of aliphatic imine (C=N–C) groups is 1. The lowest BCUT2D eigenvalue weighted by Crippen LogP contribution is -2.33. The Bertz CT molecular complexity index is 802. The third-order valence-electron chi connectivity index (χ3n) is 3.98. The molecule has 9 heteroatoms. The molecule has 2 rings (SSSR count). The van der Waals surface area contributed by atoms with Crippen LogP contribution in [0.4, 0.5) is 5.69 Å². The minimum Gasteiger partial charge on any atom is -0.494 e. The molecule has 0 aliphatic heterocycles. The topological polar surface area (TPSA) is 77.7 Å². The summed E-state index contributed by atoms with van der Waals surface area (Å²) in [6, 6.07) is 9.50. The molecule has 164 valence electrons. The van der Waals surface area contributed by atoms with Crippen molar-refractivity contribution in [2.75, 3.05) is 37.5 Å². The third kappa shape index (κ3) is 6.81. The summed E-state index contributed by atoms with van der Waals surface area (Å²) < 4.78 is 17.0. The van der Waals surface area contributed by atoms with E-state index in [9.17, 15) is 0 Å². The molecule has 0 spiro atoms. The van der Waals surface area contributed by atoms with Crippen molar-refractivity contribution in [2.45, 2.75) is 20.3 Å². The second-order valence-electron chi connectivity index (χ2n) is 5.97. The first-order valence-electron chi connectivity index (χ1n) is 9.42. The minimum absolute atomic E-state index is 0.356. The van der Waals surface area contributed by atoms with E-state index in [4.69, 9.17) is 23.6 Å². The fourth-order valence-corrected chi connectivity index (χ4v) is 3.38. The number of hydrogen-bond acceptors (Lipinski definition) is 8. The Morgan fingerprint density at radius 3 is 2.50 bits per heavy atom. The summed E-state index contributed by atoms with van der Waals surface area (Å²) in [6.07, 6.45) is 1.98. The maximum Gasteiger partial charge on any atom is 0.146 e. The second kappa shape index (κ2) is 13.0. The number of methoxy groups -OCH3 is 2. The van der Waals surface area contributed by atoms with Crippen molar-refractivity contribution in [1.82, 2.24) is 5.64 Å². The molecule has 30 heavy (non-hydrogen) atoms. The zero-order valence-electron chi connectivity index (χ0n) is 17.8. The highest BCUT2D eigenvalue weighted by Gasteiger charge is 2.23. The first kappa shape index (κ1) is 23.8. The molecule has 1 heterocycles. The summed E-state index contributed by atoms with van der Waals surface area (Å²) in [6.45, 7) is 8.06. The predicted molar refractivity (Wildman–Crippen MR) is 120 cm³/mol. The molecule has 0 unspecified atom stereocenters. The molecule has 0 saturated heterocycles. The van der Waals surface area contributed by atoms with Gasteiger partial charge in [-0.1, -0.05) is 18.3 Å². The van der Waals surface area contributed by atoms with E-state index in [1.54, 1.807) is 14.2 Å². The lowest BCUT2D eigenvalue weighted by Gasteiger charge is -2.28. The molecule has 0 saturated carbocycles. The third-order valence-corrected chi connectivity index (χ3v) is 4.70. The van der Waals surface area contributed by atoms with Crippen molar-refractivity contribution in [2.24, 2.45) is 4.99 Å². The van der Waals surface area contributed by atoms with Gasteiger partial charge in [-0.2, -0.15) is 0 Å². The molecule has 1 aromatic carbocycles. The van der Waals surface area contributed by atoms with Crippen molar-refractivity contribution in [1.29, 1.82) is 0 Å². The summed E-state index contributed by atoms with van der Waals surface area (Å²) in [5, 5.41) is 0. The largest absolute Gasteiger partial charge is 0.494 e. The van der Waals surface area contributed by atoms with Crippen LogP contribution in [-0.2, 0) is 16.1 Å². The quantitative estimate of drug-likeness (QED) is 0.164. The molecule has 1 aromatic heterocycles. The lowest BCUT2D eigenvalue weighted by molar-refractivity contribution is -0.152. The monoisotopic (exact) mass is 435 g/mol. The van der Waals surface area contributed by atoms with Gasteiger partial charge in [0.1, 0.15) is 40.5 Å². The Kier molecular flexibility index (Phi) is 10.3. The fourth-order valence-electron chi connectivity index (χ4n) is 2.71. The Balaban J connectivity index is 2.34. The van der Waals surface area contributed by atoms with Crippen molar-refractivity contribution in [3.05, 3.63) is 54.6 Å². The van der Waals surface area contributed by atoms with Gasteiger partial charge in [0.15, 0.2) is 0 Å². The average molecular weight is 436 g/mol. The van der Waals surface area contributed by atoms with Gasteiger partial charge in [0.05, 0.1) is 33.1 Å². The molecule has 0 atom stereocenters. The van der Waals surface area contributed by atoms with Crippen molar-refractivity contribution >= 4 is 23.3 Å². The number of nitrogens with zero attached hydrogens (tertiary/aromatic N) is 2. The van der Waals surface area contributed by atoms with Crippen LogP contribution >= 0.6 is 11.8 Å². The van der Waals surface area contributed by atoms with Gasteiger partial charge < -0.3 is 18.8 Å². The predicted octanol–water partition coefficient (Wildman–Crippen LogP) is 4.32. The molecule has 8 nitrogen and oxygen atoms in total. The van der Waals surface area contributed by atoms with Crippen molar-refractivity contribution in [3.63, 3.8) is 0 Å². The highest BCUT2D eigenvalue weighted by Crippen LogP contribution is 2.39. The lowest BCUT2D eigenvalue weighted by atomic mass is 10.2. The highest BCUT2D eigenvalue weighted by molar-refractivity contribution is 7.99. The molecule has 0 radical (unpaired) electrons. The van der Waals surface area contributed by atoms with Crippen molar-refractivity contribution < 1.29 is 23.6 Å². The van der Waals surface area contributed by atoms with E-state index >= 15 is 0 Å². The van der Waals surface area contributed by atoms with Gasteiger partial charge in [-0.05, 0) is 38.1 Å². The number of para-hydroxylation sites is 1. The molecular formula is C21H29N3O5S. The number of amidine groups is 1. The smallest absolute Gasteiger partial charge is 0.146 e. The summed E-state index contributed by atoms with van der Waals surface area (Å²) in [5.41, 5.74) is 3.20. The summed E-state index contributed by atoms with van der Waals surface area (Å²) in [7, 11) is 3.25. The zero-order chi connectivity index (χ0) is 21.8. The zero-order valence-corrected chi connectivity index (χ0v) is 18.7. The summed E-state index contributed by atoms with van der Waals surface area (Å²) in [5.74, 6) is 4.56. The molecule has 0 aliphatic carbocycles. The van der Waals surface area contributed by atoms with Gasteiger partial charge in [0.2, 0.25) is 0 Å². The number of furan rings is 1. The van der Waals surface area contributed by atoms with E-state index in [2.05, 4.69) is 17.2 Å². The van der Waals surface area contributed by atoms with E-state index in [0.29, 0.717) is 36.3 Å². The number of ether oxygens (including phenoxy) is 2. The SMILES string of the molecule is C=CN=C(Cc1ccc(C)o1)N(CSCONOCC)c1c(OC)cccc1OC. The van der Waals surface area contributed by atoms with Crippen LogP contribution in [0.5, 0.6) is 11.5 Å². The van der Waals surface area contributed by atoms with E-state index in [0.717, 1.165) is 23.0 Å². The van der Waals surface area contributed by atoms with Gasteiger partial charge in [-0.15, -0.1) is 11.8 Å². The first-order chi connectivity index (χ1) is 14.6. The van der Waals surface area contributed by atoms with E-state index < -0.39 is 0 Å². The van der Waals surface area contributed by atoms with E-state index in [-0.39, 0.29) is 0 Å². The van der Waals surface area contributed by atoms with Crippen LogP contribution in [0.25, 0.3) is 0 Å². The molecule has 0 fully saturated rings. The van der Waals surface area contributed by atoms with Gasteiger partial charge >= 0.3 is 0 Å². The van der Waals surface area contributed by atoms with Crippen molar-refractivity contribution in [3.8, 4) is 11.5 Å². The van der Waals surface area contributed by atoms with Gasteiger partial charge in [-0.25, -0.2) is 4.99 Å². The van der Waals surface area contributed by atoms with Crippen LogP contribution in [0.1, 0.15) is 18.4 Å². The molecule has 0 bridgehead atoms. The van der Waals surface area contributed by atoms with Crippen LogP contribution in [0.3, 0.4) is 0 Å². The summed E-state index contributed by atoms with van der Waals surface area (Å²) in [4.78, 5) is 16.8. The number of thioether (sulfide) groups is 1. The maximum absolute atomic E-state index is 5.77. The Labute approximate surface area is 181 Å². The maximum atomic E-state index is 5.77. The molecule has 2 aromatic rings. The number of nitrogens with one attached hydrogen (secondary N) is 1. The second-order valence-corrected chi connectivity index (χ2v) is 6.87. The number of benzene rings is 1. The van der Waals surface area contributed by atoms with E-state index in [1.165, 1.54) is 18.0 Å². The average Bonchev–Trinajstić information content (AvgIpc) is 3.17. The normalized spacial score (nSPS) is 11.4. The number of aryl methyl sites for hydroxylation is 1. The highest BCUT2D eigenvalue weighted by atomic mass is 32.2. The van der Waals surface area contributed by atoms with Gasteiger partial charge in [0.25, 0.3) is 0 Å². The van der Waals surface area contributed by atoms with Gasteiger partial charge in [0, 0.05) is 6.20 Å². The number of rotatable bonds is 13. The van der Waals surface area contributed by atoms with Crippen LogP contribution in [0, 0.1) is 6.92 Å². The van der Waals surface area contributed by atoms with Crippen LogP contribution in [0.15, 0.2) is 52.5 Å². The van der Waals surface area contributed by atoms with Crippen LogP contribution in [0.2, 0.25) is 0 Å². The minimum atomic E-state index is 0.356. The van der Waals surface area contributed by atoms with Crippen LogP contribution in [-0.4, -0.2) is 38.5 Å². The van der Waals surface area contributed by atoms with E-state index in [1.807, 2.05) is 49.1 Å². The standard InChI is InChI=1S/C21H29N3O5S/c1-6-22-20(13-17-12-11-16(3)29-17)24(14-30-15-28-23-27-7-2)21-18(25-4)9-8-10-19(21)26-5/h6,8-12,23H,1,7,13-15H2,2-5H3. The number of anilines is 1. The summed E-state index contributed by atoms with van der Waals surface area (Å²) >= 11 is 1.52. The Morgan fingerprint density at radius 1 is 1.20 bits per heavy atom. The Morgan fingerprint density at radius 2 is 1.93 bits per heavy atom. The van der Waals surface area contributed by atoms with Crippen LogP contribution < -0.4 is 20.0 Å². The molecule has 0 amide bonds. The Hall–Kier alpha value is -2.46. The molecule has 0 aliphatic rings. The molecular weight excluding hydrogens is 406 g/mol. The number of hydrogen-bond donors (Lipinski definition) is 1.